The number of aromatic amines is 1. The Bertz CT molecular complexity index is 1040. The lowest BCUT2D eigenvalue weighted by Crippen LogP contribution is -2.49. The zero-order valence-electron chi connectivity index (χ0n) is 16.1. The average molecular weight is 414 g/mol. The summed E-state index contributed by atoms with van der Waals surface area (Å²) in [5.74, 6) is 0.378. The van der Waals surface area contributed by atoms with Gasteiger partial charge in [-0.05, 0) is 19.4 Å². The van der Waals surface area contributed by atoms with E-state index in [-0.39, 0.29) is 18.1 Å². The number of piperazine rings is 1. The first-order chi connectivity index (χ1) is 14.1. The molecule has 0 spiro atoms. The Labute approximate surface area is 171 Å². The van der Waals surface area contributed by atoms with Crippen LogP contribution in [-0.2, 0) is 9.53 Å². The van der Waals surface area contributed by atoms with Crippen LogP contribution in [0.25, 0.3) is 10.9 Å². The Hall–Kier alpha value is -2.81. The van der Waals surface area contributed by atoms with Crippen molar-refractivity contribution in [2.24, 2.45) is 0 Å². The van der Waals surface area contributed by atoms with Gasteiger partial charge in [-0.3, -0.25) is 14.6 Å². The third-order valence-electron chi connectivity index (χ3n) is 5.07. The van der Waals surface area contributed by atoms with E-state index in [0.717, 1.165) is 22.5 Å². The molecule has 8 nitrogen and oxygen atoms in total. The first-order valence-electron chi connectivity index (χ1n) is 9.64. The molecule has 1 saturated heterocycles. The number of hydrogen-bond acceptors (Lipinski definition) is 7. The molecule has 29 heavy (non-hydrogen) atoms. The number of carbonyl (C=O) groups is 2. The average Bonchev–Trinajstić information content (AvgIpc) is 3.27. The molecule has 1 fully saturated rings. The fourth-order valence-corrected chi connectivity index (χ4v) is 4.65. The summed E-state index contributed by atoms with van der Waals surface area (Å²) in [6, 6.07) is 1.78. The van der Waals surface area contributed by atoms with Crippen LogP contribution in [0.2, 0.25) is 0 Å². The van der Waals surface area contributed by atoms with Crippen molar-refractivity contribution in [2.45, 2.75) is 13.3 Å². The molecular formula is C20H22N4O4S. The summed E-state index contributed by atoms with van der Waals surface area (Å²) in [5.41, 5.74) is 0.613. The van der Waals surface area contributed by atoms with E-state index in [1.807, 2.05) is 15.9 Å². The molecule has 1 amide bonds. The molecule has 9 heteroatoms. The number of aromatic nitrogens is 2. The summed E-state index contributed by atoms with van der Waals surface area (Å²) in [6.07, 6.45) is 6.12. The van der Waals surface area contributed by atoms with Gasteiger partial charge in [0.05, 0.1) is 28.9 Å². The van der Waals surface area contributed by atoms with Gasteiger partial charge >= 0.3 is 5.97 Å². The number of carbonyl (C=O) groups excluding carboxylic acids is 2. The maximum atomic E-state index is 12.7. The van der Waals surface area contributed by atoms with Crippen molar-refractivity contribution < 1.29 is 14.3 Å². The second-order valence-electron chi connectivity index (χ2n) is 6.80. The third-order valence-corrected chi connectivity index (χ3v) is 6.16. The number of fused-ring (bicyclic) bond motifs is 1. The number of anilines is 1. The Morgan fingerprint density at radius 3 is 2.76 bits per heavy atom. The van der Waals surface area contributed by atoms with Crippen LogP contribution >= 0.6 is 11.8 Å². The van der Waals surface area contributed by atoms with Crippen LogP contribution in [-0.4, -0.2) is 65.3 Å². The lowest BCUT2D eigenvalue weighted by atomic mass is 10.1. The number of thioether (sulfide) groups is 1. The maximum Gasteiger partial charge on any atom is 0.345 e. The van der Waals surface area contributed by atoms with Gasteiger partial charge in [-0.15, -0.1) is 11.8 Å². The Morgan fingerprint density at radius 2 is 2.07 bits per heavy atom. The second kappa shape index (κ2) is 8.28. The summed E-state index contributed by atoms with van der Waals surface area (Å²) < 4.78 is 5.14. The highest BCUT2D eigenvalue weighted by atomic mass is 32.2. The Balaban J connectivity index is 1.66. The van der Waals surface area contributed by atoms with E-state index >= 15 is 0 Å². The van der Waals surface area contributed by atoms with Crippen LogP contribution in [0.1, 0.15) is 23.7 Å². The Morgan fingerprint density at radius 1 is 1.28 bits per heavy atom. The van der Waals surface area contributed by atoms with Crippen LogP contribution in [0.15, 0.2) is 34.2 Å². The molecule has 0 aromatic carbocycles. The molecule has 1 N–H and O–H groups in total. The highest BCUT2D eigenvalue weighted by Crippen LogP contribution is 2.30. The van der Waals surface area contributed by atoms with Crippen molar-refractivity contribution in [3.05, 3.63) is 45.4 Å². The van der Waals surface area contributed by atoms with Crippen LogP contribution < -0.4 is 10.5 Å². The maximum absolute atomic E-state index is 12.7. The quantitative estimate of drug-likeness (QED) is 0.762. The van der Waals surface area contributed by atoms with Crippen LogP contribution in [0.4, 0.5) is 5.69 Å². The minimum absolute atomic E-state index is 0.000571. The summed E-state index contributed by atoms with van der Waals surface area (Å²) in [5, 5.41) is 0.733. The fourth-order valence-electron chi connectivity index (χ4n) is 3.70. The summed E-state index contributed by atoms with van der Waals surface area (Å²) in [6.45, 7) is 3.99. The minimum Gasteiger partial charge on any atom is -0.462 e. The monoisotopic (exact) mass is 414 g/mol. The van der Waals surface area contributed by atoms with Crippen molar-refractivity contribution in [2.75, 3.05) is 43.4 Å². The van der Waals surface area contributed by atoms with Crippen LogP contribution in [0.5, 0.6) is 0 Å². The normalized spacial score (nSPS) is 16.8. The van der Waals surface area contributed by atoms with E-state index in [9.17, 15) is 14.4 Å². The van der Waals surface area contributed by atoms with Gasteiger partial charge in [0.25, 0.3) is 11.5 Å². The standard InChI is InChI=1S/C20H22N4O4S/c1-2-28-20(27)16-17(13-5-6-21-12-14(13)22-18(16)25)23-7-9-24(10-8-23)19(26)15-4-3-11-29-15/h4-6,12H,2-3,7-11H2,1H3,(H,22,25). The van der Waals surface area contributed by atoms with Crippen molar-refractivity contribution in [1.29, 1.82) is 0 Å². The summed E-state index contributed by atoms with van der Waals surface area (Å²) in [4.78, 5) is 49.3. The van der Waals surface area contributed by atoms with Crippen molar-refractivity contribution in [3.8, 4) is 0 Å². The molecule has 0 atom stereocenters. The first kappa shape index (κ1) is 19.5. The Kier molecular flexibility index (Phi) is 5.57. The van der Waals surface area contributed by atoms with Crippen molar-refractivity contribution in [1.82, 2.24) is 14.9 Å². The zero-order valence-corrected chi connectivity index (χ0v) is 17.0. The molecule has 2 aromatic heterocycles. The number of pyridine rings is 2. The number of ether oxygens (including phenoxy) is 1. The largest absolute Gasteiger partial charge is 0.462 e. The zero-order chi connectivity index (χ0) is 20.4. The molecule has 2 aliphatic rings. The molecule has 4 rings (SSSR count). The van der Waals surface area contributed by atoms with Crippen molar-refractivity contribution >= 4 is 40.2 Å². The van der Waals surface area contributed by atoms with Crippen LogP contribution in [0, 0.1) is 0 Å². The SMILES string of the molecule is CCOC(=O)c1c(N2CCN(C(=O)C3=CCCS3)CC2)c2ccncc2[nH]c1=O. The molecule has 152 valence electrons. The van der Waals surface area contributed by atoms with E-state index in [1.54, 1.807) is 37.1 Å². The van der Waals surface area contributed by atoms with E-state index < -0.39 is 11.5 Å². The highest BCUT2D eigenvalue weighted by molar-refractivity contribution is 8.04. The van der Waals surface area contributed by atoms with Gasteiger partial charge < -0.3 is 19.5 Å². The first-order valence-corrected chi connectivity index (χ1v) is 10.6. The van der Waals surface area contributed by atoms with E-state index in [0.29, 0.717) is 37.4 Å². The number of esters is 1. The van der Waals surface area contributed by atoms with E-state index in [1.165, 1.54) is 0 Å². The number of H-pyrrole nitrogens is 1. The molecule has 2 aliphatic heterocycles. The fraction of sp³-hybridized carbons (Fsp3) is 0.400. The number of hydrogen-bond donors (Lipinski definition) is 1. The van der Waals surface area contributed by atoms with Crippen molar-refractivity contribution in [3.63, 3.8) is 0 Å². The minimum atomic E-state index is -0.645. The molecule has 0 saturated carbocycles. The lowest BCUT2D eigenvalue weighted by Gasteiger charge is -2.37. The molecule has 4 heterocycles. The third kappa shape index (κ3) is 3.74. The van der Waals surface area contributed by atoms with Gasteiger partial charge in [-0.25, -0.2) is 4.79 Å². The number of nitrogens with zero attached hydrogens (tertiary/aromatic N) is 3. The molecular weight excluding hydrogens is 392 g/mol. The van der Waals surface area contributed by atoms with Gasteiger partial charge in [0.2, 0.25) is 0 Å². The van der Waals surface area contributed by atoms with Gasteiger partial charge in [-0.2, -0.15) is 0 Å². The number of rotatable bonds is 4. The molecule has 0 unspecified atom stereocenters. The van der Waals surface area contributed by atoms with E-state index in [2.05, 4.69) is 9.97 Å². The van der Waals surface area contributed by atoms with Gasteiger partial charge in [0.1, 0.15) is 5.56 Å². The predicted molar refractivity (Wildman–Crippen MR) is 112 cm³/mol. The lowest BCUT2D eigenvalue weighted by molar-refractivity contribution is -0.126. The number of amides is 1. The molecule has 2 aromatic rings. The number of nitrogens with one attached hydrogen (secondary N) is 1. The topological polar surface area (TPSA) is 95.6 Å². The summed E-state index contributed by atoms with van der Waals surface area (Å²) in [7, 11) is 0. The highest BCUT2D eigenvalue weighted by Gasteiger charge is 2.30. The van der Waals surface area contributed by atoms with Gasteiger partial charge in [-0.1, -0.05) is 6.08 Å². The number of allylic oxidation sites excluding steroid dienone is 1. The van der Waals surface area contributed by atoms with Crippen LogP contribution in [0.3, 0.4) is 0 Å². The van der Waals surface area contributed by atoms with Gasteiger partial charge in [0, 0.05) is 43.5 Å². The molecule has 0 aliphatic carbocycles. The smallest absolute Gasteiger partial charge is 0.345 e. The summed E-state index contributed by atoms with van der Waals surface area (Å²) >= 11 is 1.60. The van der Waals surface area contributed by atoms with E-state index in [4.69, 9.17) is 4.74 Å². The molecule has 0 bridgehead atoms. The second-order valence-corrected chi connectivity index (χ2v) is 7.94. The molecule has 0 radical (unpaired) electrons. The predicted octanol–water partition coefficient (Wildman–Crippen LogP) is 1.77. The van der Waals surface area contributed by atoms with Gasteiger partial charge in [0.15, 0.2) is 0 Å².